The molecule has 0 bridgehead atoms. The van der Waals surface area contributed by atoms with Gasteiger partial charge in [0, 0.05) is 6.42 Å². The second kappa shape index (κ2) is 11.5. The zero-order valence-electron chi connectivity index (χ0n) is 18.1. The van der Waals surface area contributed by atoms with Crippen LogP contribution >= 0.6 is 0 Å². The molecule has 3 aliphatic rings. The van der Waals surface area contributed by atoms with Crippen LogP contribution in [0.5, 0.6) is 0 Å². The highest BCUT2D eigenvalue weighted by Gasteiger charge is 2.34. The first-order valence-electron chi connectivity index (χ1n) is 12.7. The normalized spacial score (nSPS) is 37.6. The highest BCUT2D eigenvalue weighted by atomic mass is 14.4. The van der Waals surface area contributed by atoms with Crippen molar-refractivity contribution in [3.05, 3.63) is 0 Å². The van der Waals surface area contributed by atoms with E-state index in [-0.39, 0.29) is 0 Å². The molecular weight excluding hydrogens is 326 g/mol. The standard InChI is InChI=1S/C26H45N/c1-2-3-6-21-8-12-23(13-9-21)25-16-18-26(19-17-25)24-14-10-22(11-15-24)7-4-5-20-27/h21-26H,2-19H2,1H3. The van der Waals surface area contributed by atoms with Gasteiger partial charge in [0.25, 0.3) is 0 Å². The third-order valence-corrected chi connectivity index (χ3v) is 8.80. The van der Waals surface area contributed by atoms with Crippen LogP contribution in [0.2, 0.25) is 0 Å². The molecule has 3 rings (SSSR count). The van der Waals surface area contributed by atoms with Crippen molar-refractivity contribution in [3.8, 4) is 6.07 Å². The first-order chi connectivity index (χ1) is 13.3. The van der Waals surface area contributed by atoms with Gasteiger partial charge in [-0.25, -0.2) is 0 Å². The van der Waals surface area contributed by atoms with Crippen LogP contribution in [0.15, 0.2) is 0 Å². The van der Waals surface area contributed by atoms with Crippen LogP contribution in [0, 0.1) is 46.8 Å². The fourth-order valence-electron chi connectivity index (χ4n) is 6.95. The predicted molar refractivity (Wildman–Crippen MR) is 115 cm³/mol. The van der Waals surface area contributed by atoms with Gasteiger partial charge in [0.2, 0.25) is 0 Å². The molecule has 0 aromatic carbocycles. The average Bonchev–Trinajstić information content (AvgIpc) is 2.73. The Morgan fingerprint density at radius 2 is 0.963 bits per heavy atom. The number of nitrogens with zero attached hydrogens (tertiary/aromatic N) is 1. The zero-order chi connectivity index (χ0) is 18.9. The zero-order valence-corrected chi connectivity index (χ0v) is 18.1. The Hall–Kier alpha value is -0.510. The SMILES string of the molecule is CCCCC1CCC(C2CCC(C3CCC(CCCC#N)CC3)CC2)CC1. The van der Waals surface area contributed by atoms with Crippen molar-refractivity contribution in [2.75, 3.05) is 0 Å². The van der Waals surface area contributed by atoms with Crippen molar-refractivity contribution in [3.63, 3.8) is 0 Å². The van der Waals surface area contributed by atoms with Gasteiger partial charge in [-0.2, -0.15) is 5.26 Å². The summed E-state index contributed by atoms with van der Waals surface area (Å²) in [6, 6.07) is 2.31. The molecule has 1 nitrogen and oxygen atoms in total. The molecule has 0 N–H and O–H groups in total. The molecule has 154 valence electrons. The second-order valence-electron chi connectivity index (χ2n) is 10.4. The summed E-state index contributed by atoms with van der Waals surface area (Å²) in [5, 5.41) is 8.72. The highest BCUT2D eigenvalue weighted by Crippen LogP contribution is 2.46. The van der Waals surface area contributed by atoms with Crippen LogP contribution in [0.1, 0.15) is 122 Å². The molecule has 0 aromatic rings. The van der Waals surface area contributed by atoms with Gasteiger partial charge in [-0.05, 0) is 99.7 Å². The topological polar surface area (TPSA) is 23.8 Å². The molecule has 1 heteroatoms. The maximum absolute atomic E-state index is 8.72. The third-order valence-electron chi connectivity index (χ3n) is 8.80. The largest absolute Gasteiger partial charge is 0.198 e. The Bertz CT molecular complexity index is 426. The van der Waals surface area contributed by atoms with Crippen LogP contribution in [0.25, 0.3) is 0 Å². The summed E-state index contributed by atoms with van der Waals surface area (Å²) in [7, 11) is 0. The van der Waals surface area contributed by atoms with Crippen LogP contribution < -0.4 is 0 Å². The van der Waals surface area contributed by atoms with Gasteiger partial charge in [-0.3, -0.25) is 0 Å². The first-order valence-corrected chi connectivity index (χ1v) is 12.7. The average molecular weight is 372 g/mol. The lowest BCUT2D eigenvalue weighted by atomic mass is 9.64. The van der Waals surface area contributed by atoms with E-state index < -0.39 is 0 Å². The van der Waals surface area contributed by atoms with Crippen molar-refractivity contribution in [1.29, 1.82) is 5.26 Å². The Kier molecular flexibility index (Phi) is 9.02. The molecule has 3 fully saturated rings. The fraction of sp³-hybridized carbons (Fsp3) is 0.962. The van der Waals surface area contributed by atoms with E-state index in [0.29, 0.717) is 0 Å². The lowest BCUT2D eigenvalue weighted by molar-refractivity contribution is 0.102. The van der Waals surface area contributed by atoms with Crippen molar-refractivity contribution in [2.24, 2.45) is 35.5 Å². The predicted octanol–water partition coefficient (Wildman–Crippen LogP) is 8.29. The Morgan fingerprint density at radius 3 is 1.33 bits per heavy atom. The van der Waals surface area contributed by atoms with E-state index in [9.17, 15) is 0 Å². The van der Waals surface area contributed by atoms with E-state index in [4.69, 9.17) is 5.26 Å². The molecule has 27 heavy (non-hydrogen) atoms. The maximum atomic E-state index is 8.72. The van der Waals surface area contributed by atoms with E-state index in [2.05, 4.69) is 13.0 Å². The van der Waals surface area contributed by atoms with Gasteiger partial charge in [-0.1, -0.05) is 51.9 Å². The summed E-state index contributed by atoms with van der Waals surface area (Å²) in [5.41, 5.74) is 0. The van der Waals surface area contributed by atoms with E-state index in [0.717, 1.165) is 48.3 Å². The molecule has 0 radical (unpaired) electrons. The van der Waals surface area contributed by atoms with Gasteiger partial charge >= 0.3 is 0 Å². The smallest absolute Gasteiger partial charge is 0.0621 e. The summed E-state index contributed by atoms with van der Waals surface area (Å²) in [6.07, 6.45) is 25.9. The van der Waals surface area contributed by atoms with E-state index in [1.54, 1.807) is 51.4 Å². The molecule has 0 unspecified atom stereocenters. The van der Waals surface area contributed by atoms with Crippen LogP contribution in [-0.2, 0) is 0 Å². The Labute approximate surface area is 169 Å². The van der Waals surface area contributed by atoms with Gasteiger partial charge in [0.05, 0.1) is 6.07 Å². The molecule has 0 aromatic heterocycles. The quantitative estimate of drug-likeness (QED) is 0.394. The van der Waals surface area contributed by atoms with Gasteiger partial charge in [-0.15, -0.1) is 0 Å². The Balaban J connectivity index is 1.31. The summed E-state index contributed by atoms with van der Waals surface area (Å²) >= 11 is 0. The van der Waals surface area contributed by atoms with Crippen molar-refractivity contribution in [2.45, 2.75) is 122 Å². The summed E-state index contributed by atoms with van der Waals surface area (Å²) in [5.74, 6) is 6.27. The minimum Gasteiger partial charge on any atom is -0.198 e. The first kappa shape index (κ1) is 21.2. The number of unbranched alkanes of at least 4 members (excludes halogenated alkanes) is 2. The van der Waals surface area contributed by atoms with Gasteiger partial charge in [0.15, 0.2) is 0 Å². The lowest BCUT2D eigenvalue weighted by Gasteiger charge is -2.41. The van der Waals surface area contributed by atoms with Gasteiger partial charge in [0.1, 0.15) is 0 Å². The minimum absolute atomic E-state index is 0.768. The third kappa shape index (κ3) is 6.51. The van der Waals surface area contributed by atoms with Crippen LogP contribution in [-0.4, -0.2) is 0 Å². The summed E-state index contributed by atoms with van der Waals surface area (Å²) in [6.45, 7) is 2.34. The number of nitriles is 1. The fourth-order valence-corrected chi connectivity index (χ4v) is 6.95. The lowest BCUT2D eigenvalue weighted by Crippen LogP contribution is -2.29. The second-order valence-corrected chi connectivity index (χ2v) is 10.4. The van der Waals surface area contributed by atoms with E-state index >= 15 is 0 Å². The van der Waals surface area contributed by atoms with Crippen LogP contribution in [0.3, 0.4) is 0 Å². The summed E-state index contributed by atoms with van der Waals surface area (Å²) in [4.78, 5) is 0. The molecule has 0 saturated heterocycles. The molecule has 0 spiro atoms. The highest BCUT2D eigenvalue weighted by molar-refractivity contribution is 4.86. The molecule has 3 aliphatic carbocycles. The van der Waals surface area contributed by atoms with Gasteiger partial charge < -0.3 is 0 Å². The van der Waals surface area contributed by atoms with Crippen molar-refractivity contribution >= 4 is 0 Å². The van der Waals surface area contributed by atoms with E-state index in [1.165, 1.54) is 51.4 Å². The van der Waals surface area contributed by atoms with Crippen molar-refractivity contribution in [1.82, 2.24) is 0 Å². The molecular formula is C26H45N. The molecule has 0 aliphatic heterocycles. The molecule has 0 heterocycles. The molecule has 0 atom stereocenters. The van der Waals surface area contributed by atoms with Crippen molar-refractivity contribution < 1.29 is 0 Å². The van der Waals surface area contributed by atoms with E-state index in [1.807, 2.05) is 0 Å². The molecule has 0 amide bonds. The molecule has 3 saturated carbocycles. The number of rotatable bonds is 8. The maximum Gasteiger partial charge on any atom is 0.0621 e. The Morgan fingerprint density at radius 1 is 0.593 bits per heavy atom. The minimum atomic E-state index is 0.768. The monoisotopic (exact) mass is 371 g/mol. The number of hydrogen-bond acceptors (Lipinski definition) is 1. The number of hydrogen-bond donors (Lipinski definition) is 0. The summed E-state index contributed by atoms with van der Waals surface area (Å²) < 4.78 is 0. The van der Waals surface area contributed by atoms with Crippen LogP contribution in [0.4, 0.5) is 0 Å².